The minimum atomic E-state index is 0.764. The Balaban J connectivity index is 2.88. The van der Waals surface area contributed by atoms with E-state index in [1.807, 2.05) is 24.3 Å². The average molecular weight is 142 g/mol. The fraction of sp³-hybridized carbons (Fsp3) is 0. The molecule has 0 aliphatic heterocycles. The number of hydrogen-bond donors (Lipinski definition) is 1. The van der Waals surface area contributed by atoms with Crippen molar-refractivity contribution in [3.63, 3.8) is 0 Å². The third-order valence-corrected chi connectivity index (χ3v) is 1.36. The van der Waals surface area contributed by atoms with Gasteiger partial charge >= 0.3 is 0 Å². The normalized spacial score (nSPS) is 9.56. The molecule has 0 radical (unpaired) electrons. The predicted molar refractivity (Wildman–Crippen MR) is 38.4 cm³/mol. The van der Waals surface area contributed by atoms with Crippen LogP contribution in [0.15, 0.2) is 24.3 Å². The molecule has 0 aliphatic carbocycles. The number of benzene rings is 1. The monoisotopic (exact) mass is 141 g/mol. The van der Waals surface area contributed by atoms with E-state index in [4.69, 9.17) is 11.6 Å². The fourth-order valence-corrected chi connectivity index (χ4v) is 0.725. The van der Waals surface area contributed by atoms with Gasteiger partial charge in [-0.1, -0.05) is 11.6 Å². The van der Waals surface area contributed by atoms with E-state index in [-0.39, 0.29) is 0 Å². The zero-order valence-electron chi connectivity index (χ0n) is 4.97. The van der Waals surface area contributed by atoms with Gasteiger partial charge in [-0.2, -0.15) is 0 Å². The number of halogens is 1. The van der Waals surface area contributed by atoms with Crippen molar-refractivity contribution >= 4 is 17.3 Å². The Hall–Kier alpha value is -0.530. The van der Waals surface area contributed by atoms with Crippen molar-refractivity contribution in [3.05, 3.63) is 36.3 Å². The first-order chi connectivity index (χ1) is 4.33. The largest absolute Gasteiger partial charge is 0.446 e. The van der Waals surface area contributed by atoms with Gasteiger partial charge in [-0.15, -0.1) is 7.05 Å². The van der Waals surface area contributed by atoms with Crippen molar-refractivity contribution in [2.45, 2.75) is 0 Å². The maximum absolute atomic E-state index is 5.63. The summed E-state index contributed by atoms with van der Waals surface area (Å²) in [7, 11) is 3.62. The van der Waals surface area contributed by atoms with E-state index < -0.39 is 0 Å². The van der Waals surface area contributed by atoms with Gasteiger partial charge in [-0.25, -0.2) is 0 Å². The van der Waals surface area contributed by atoms with Crippen molar-refractivity contribution in [1.82, 2.24) is 0 Å². The maximum Gasteiger partial charge on any atom is 0.103 e. The van der Waals surface area contributed by atoms with E-state index in [1.54, 1.807) is 5.32 Å². The summed E-state index contributed by atoms with van der Waals surface area (Å²) in [5.41, 5.74) is 1.10. The van der Waals surface area contributed by atoms with Crippen LogP contribution in [0.4, 0.5) is 5.69 Å². The molecule has 0 heterocycles. The second-order valence-electron chi connectivity index (χ2n) is 1.76. The Morgan fingerprint density at radius 1 is 1.22 bits per heavy atom. The zero-order chi connectivity index (χ0) is 6.69. The first-order valence-electron chi connectivity index (χ1n) is 2.71. The second kappa shape index (κ2) is 2.85. The lowest BCUT2D eigenvalue weighted by atomic mass is 10.3. The van der Waals surface area contributed by atoms with Gasteiger partial charge in [0, 0.05) is 5.02 Å². The summed E-state index contributed by atoms with van der Waals surface area (Å²) in [6.07, 6.45) is 0. The Morgan fingerprint density at radius 3 is 2.22 bits per heavy atom. The van der Waals surface area contributed by atoms with E-state index in [1.165, 1.54) is 0 Å². The predicted octanol–water partition coefficient (Wildman–Crippen LogP) is 1.33. The summed E-state index contributed by atoms with van der Waals surface area (Å²) in [5, 5.41) is 2.55. The quantitative estimate of drug-likeness (QED) is 0.449. The summed E-state index contributed by atoms with van der Waals surface area (Å²) in [4.78, 5) is 0. The molecule has 1 nitrogen and oxygen atoms in total. The lowest BCUT2D eigenvalue weighted by Gasteiger charge is -1.96. The molecule has 9 heavy (non-hydrogen) atoms. The lowest BCUT2D eigenvalue weighted by Crippen LogP contribution is -2.69. The number of nitrogens with two attached hydrogens (primary N) is 1. The molecule has 2 heteroatoms. The summed E-state index contributed by atoms with van der Waals surface area (Å²) in [5.74, 6) is 0. The topological polar surface area (TPSA) is 16.6 Å². The van der Waals surface area contributed by atoms with Gasteiger partial charge in [0.25, 0.3) is 0 Å². The maximum atomic E-state index is 5.63. The van der Waals surface area contributed by atoms with Crippen LogP contribution in [-0.2, 0) is 0 Å². The molecule has 0 atom stereocenters. The molecule has 0 spiro atoms. The minimum absolute atomic E-state index is 0.764. The summed E-state index contributed by atoms with van der Waals surface area (Å²) < 4.78 is 0. The fourth-order valence-electron chi connectivity index (χ4n) is 0.599. The van der Waals surface area contributed by atoms with Crippen molar-refractivity contribution in [1.29, 1.82) is 0 Å². The van der Waals surface area contributed by atoms with Crippen LogP contribution < -0.4 is 5.32 Å². The third-order valence-electron chi connectivity index (χ3n) is 1.11. The molecular formula is C7H8ClN. The number of quaternary nitrogens is 1. The zero-order valence-corrected chi connectivity index (χ0v) is 5.73. The van der Waals surface area contributed by atoms with Crippen LogP contribution in [0.5, 0.6) is 0 Å². The second-order valence-corrected chi connectivity index (χ2v) is 2.19. The van der Waals surface area contributed by atoms with Gasteiger partial charge in [-0.3, -0.25) is 0 Å². The highest BCUT2D eigenvalue weighted by Crippen LogP contribution is 2.08. The van der Waals surface area contributed by atoms with E-state index in [0.717, 1.165) is 10.7 Å². The molecule has 0 unspecified atom stereocenters. The van der Waals surface area contributed by atoms with Crippen molar-refractivity contribution < 1.29 is 5.32 Å². The molecule has 0 amide bonds. The van der Waals surface area contributed by atoms with Crippen LogP contribution in [0.3, 0.4) is 0 Å². The van der Waals surface area contributed by atoms with Crippen LogP contribution in [0.25, 0.3) is 0 Å². The molecule has 1 aromatic carbocycles. The van der Waals surface area contributed by atoms with Gasteiger partial charge in [-0.05, 0) is 24.3 Å². The van der Waals surface area contributed by atoms with Gasteiger partial charge in [0.05, 0.1) is 0 Å². The molecule has 0 aromatic heterocycles. The molecule has 0 saturated heterocycles. The van der Waals surface area contributed by atoms with Crippen molar-refractivity contribution in [3.8, 4) is 0 Å². The third kappa shape index (κ3) is 1.70. The molecule has 0 saturated carbocycles. The number of hydrogen-bond acceptors (Lipinski definition) is 0. The van der Waals surface area contributed by atoms with Gasteiger partial charge in [0.2, 0.25) is 0 Å². The highest BCUT2D eigenvalue weighted by molar-refractivity contribution is 6.30. The van der Waals surface area contributed by atoms with E-state index in [0.29, 0.717) is 0 Å². The van der Waals surface area contributed by atoms with Crippen LogP contribution >= 0.6 is 11.6 Å². The first kappa shape index (κ1) is 6.59. The molecule has 0 aliphatic rings. The van der Waals surface area contributed by atoms with Crippen LogP contribution in [0.2, 0.25) is 5.02 Å². The first-order valence-corrected chi connectivity index (χ1v) is 3.09. The van der Waals surface area contributed by atoms with Gasteiger partial charge in [0.15, 0.2) is 0 Å². The molecular weight excluding hydrogens is 134 g/mol. The Labute approximate surface area is 59.6 Å². The Kier molecular flexibility index (Phi) is 2.09. The highest BCUT2D eigenvalue weighted by Gasteiger charge is 1.87. The summed E-state index contributed by atoms with van der Waals surface area (Å²) >= 11 is 5.63. The van der Waals surface area contributed by atoms with E-state index >= 15 is 0 Å². The van der Waals surface area contributed by atoms with Gasteiger partial charge < -0.3 is 5.32 Å². The SMILES string of the molecule is [CH2-][NH2+]c1ccc(Cl)cc1. The van der Waals surface area contributed by atoms with Crippen LogP contribution in [-0.4, -0.2) is 0 Å². The minimum Gasteiger partial charge on any atom is -0.446 e. The Bertz CT molecular complexity index is 181. The lowest BCUT2D eigenvalue weighted by molar-refractivity contribution is -0.504. The molecule has 1 rings (SSSR count). The van der Waals surface area contributed by atoms with E-state index in [2.05, 4.69) is 7.05 Å². The standard InChI is InChI=1S/C7H8ClN/c1-9-7-4-2-6(8)3-5-7/h2-5H,1,9H2. The van der Waals surface area contributed by atoms with Gasteiger partial charge in [0.1, 0.15) is 5.69 Å². The number of rotatable bonds is 1. The highest BCUT2D eigenvalue weighted by atomic mass is 35.5. The molecule has 0 fully saturated rings. The molecule has 48 valence electrons. The smallest absolute Gasteiger partial charge is 0.103 e. The van der Waals surface area contributed by atoms with Crippen LogP contribution in [0.1, 0.15) is 0 Å². The van der Waals surface area contributed by atoms with Crippen LogP contribution in [0, 0.1) is 7.05 Å². The molecule has 0 bridgehead atoms. The molecule has 1 aromatic rings. The summed E-state index contributed by atoms with van der Waals surface area (Å²) in [6.45, 7) is 0. The average Bonchev–Trinajstić information content (AvgIpc) is 1.90. The van der Waals surface area contributed by atoms with Crippen molar-refractivity contribution in [2.75, 3.05) is 0 Å². The Morgan fingerprint density at radius 2 is 1.78 bits per heavy atom. The summed E-state index contributed by atoms with van der Waals surface area (Å²) in [6, 6.07) is 7.54. The molecule has 2 N–H and O–H groups in total. The van der Waals surface area contributed by atoms with Crippen molar-refractivity contribution in [2.24, 2.45) is 0 Å². The van der Waals surface area contributed by atoms with E-state index in [9.17, 15) is 0 Å².